The van der Waals surface area contributed by atoms with Gasteiger partial charge in [-0.3, -0.25) is 4.79 Å². The molecule has 4 aromatic rings. The zero-order valence-electron chi connectivity index (χ0n) is 14.7. The molecule has 0 bridgehead atoms. The molecule has 4 rings (SSSR count). The van der Waals surface area contributed by atoms with Crippen LogP contribution in [0.25, 0.3) is 33.1 Å². The van der Waals surface area contributed by atoms with E-state index in [0.29, 0.717) is 16.7 Å². The highest BCUT2D eigenvalue weighted by atomic mass is 16.4. The summed E-state index contributed by atoms with van der Waals surface area (Å²) >= 11 is 0. The number of carbonyl (C=O) groups excluding carboxylic acids is 1. The van der Waals surface area contributed by atoms with Gasteiger partial charge in [0.1, 0.15) is 11.2 Å². The molecule has 1 amide bonds. The number of furan rings is 1. The van der Waals surface area contributed by atoms with Gasteiger partial charge in [-0.1, -0.05) is 36.9 Å². The zero-order chi connectivity index (χ0) is 19.0. The second-order valence-electron chi connectivity index (χ2n) is 6.27. The largest absolute Gasteiger partial charge is 0.464 e. The third-order valence-corrected chi connectivity index (χ3v) is 4.69. The Hall–Kier alpha value is -3.60. The lowest BCUT2D eigenvalue weighted by Crippen LogP contribution is -2.24. The van der Waals surface area contributed by atoms with Crippen LogP contribution in [0.4, 0.5) is 0 Å². The van der Waals surface area contributed by atoms with E-state index in [9.17, 15) is 9.59 Å². The molecule has 27 heavy (non-hydrogen) atoms. The van der Waals surface area contributed by atoms with Crippen LogP contribution in [-0.4, -0.2) is 5.91 Å². The Balaban J connectivity index is 1.90. The summed E-state index contributed by atoms with van der Waals surface area (Å²) in [5.74, 6) is -0.342. The van der Waals surface area contributed by atoms with E-state index in [1.165, 1.54) is 6.08 Å². The third kappa shape index (κ3) is 2.93. The van der Waals surface area contributed by atoms with Crippen molar-refractivity contribution in [1.29, 1.82) is 0 Å². The van der Waals surface area contributed by atoms with Crippen molar-refractivity contribution in [1.82, 2.24) is 5.32 Å². The predicted molar refractivity (Wildman–Crippen MR) is 104 cm³/mol. The minimum Gasteiger partial charge on any atom is -0.464 e. The summed E-state index contributed by atoms with van der Waals surface area (Å²) in [5, 5.41) is 4.37. The van der Waals surface area contributed by atoms with E-state index in [1.807, 2.05) is 43.3 Å². The summed E-state index contributed by atoms with van der Waals surface area (Å²) in [6, 6.07) is 13.6. The summed E-state index contributed by atoms with van der Waals surface area (Å²) < 4.78 is 11.2. The smallest absolute Gasteiger partial charge is 0.341 e. The van der Waals surface area contributed by atoms with Gasteiger partial charge in [-0.15, -0.1) is 0 Å². The van der Waals surface area contributed by atoms with Crippen LogP contribution >= 0.6 is 0 Å². The Bertz CT molecular complexity index is 1230. The molecule has 0 unspecified atom stereocenters. The summed E-state index contributed by atoms with van der Waals surface area (Å²) in [6.45, 7) is 5.35. The maximum Gasteiger partial charge on any atom is 0.341 e. The van der Waals surface area contributed by atoms with Crippen molar-refractivity contribution < 1.29 is 13.6 Å². The summed E-state index contributed by atoms with van der Waals surface area (Å²) in [5.41, 5.74) is 3.84. The van der Waals surface area contributed by atoms with Crippen molar-refractivity contribution >= 4 is 27.8 Å². The van der Waals surface area contributed by atoms with E-state index in [0.717, 1.165) is 27.5 Å². The second kappa shape index (κ2) is 6.61. The number of aryl methyl sites for hydroxylation is 1. The Morgan fingerprint density at radius 3 is 2.67 bits per heavy atom. The van der Waals surface area contributed by atoms with Crippen LogP contribution in [0, 0.1) is 6.92 Å². The molecule has 0 aliphatic heterocycles. The Morgan fingerprint density at radius 2 is 1.93 bits per heavy atom. The van der Waals surface area contributed by atoms with Gasteiger partial charge in [0.15, 0.2) is 0 Å². The van der Waals surface area contributed by atoms with Crippen LogP contribution in [0.2, 0.25) is 0 Å². The van der Waals surface area contributed by atoms with Gasteiger partial charge in [-0.25, -0.2) is 4.79 Å². The number of nitrogens with one attached hydrogen (secondary N) is 1. The number of carbonyl (C=O) groups is 1. The quantitative estimate of drug-likeness (QED) is 0.435. The zero-order valence-corrected chi connectivity index (χ0v) is 14.7. The highest BCUT2D eigenvalue weighted by Crippen LogP contribution is 2.34. The fraction of sp³-hybridized carbons (Fsp3) is 0.0909. The standard InChI is InChI=1S/C22H17NO4/c1-3-21(24)23-11-17-13(2)15-9-16-18(14-7-5-4-6-8-14)12-26-19(16)10-20(15)27-22(17)25/h3-10,12H,1,11H2,2H3,(H,23,24). The molecule has 0 aliphatic rings. The average Bonchev–Trinajstić information content (AvgIpc) is 3.09. The molecule has 0 saturated carbocycles. The van der Waals surface area contributed by atoms with Crippen molar-refractivity contribution in [2.75, 3.05) is 0 Å². The van der Waals surface area contributed by atoms with E-state index < -0.39 is 5.63 Å². The van der Waals surface area contributed by atoms with E-state index in [1.54, 1.807) is 12.3 Å². The highest BCUT2D eigenvalue weighted by Gasteiger charge is 2.16. The SMILES string of the molecule is C=CC(=O)NCc1c(C)c2cc3c(-c4ccccc4)coc3cc2oc1=O. The van der Waals surface area contributed by atoms with Crippen LogP contribution in [0.3, 0.4) is 0 Å². The normalized spacial score (nSPS) is 11.0. The van der Waals surface area contributed by atoms with Crippen molar-refractivity contribution in [2.45, 2.75) is 13.5 Å². The number of fused-ring (bicyclic) bond motifs is 2. The Kier molecular flexibility index (Phi) is 4.12. The first-order valence-electron chi connectivity index (χ1n) is 8.51. The lowest BCUT2D eigenvalue weighted by Gasteiger charge is -2.08. The van der Waals surface area contributed by atoms with Gasteiger partial charge < -0.3 is 14.2 Å². The van der Waals surface area contributed by atoms with Gasteiger partial charge in [0.05, 0.1) is 18.4 Å². The molecular weight excluding hydrogens is 342 g/mol. The van der Waals surface area contributed by atoms with Crippen molar-refractivity contribution in [3.8, 4) is 11.1 Å². The maximum absolute atomic E-state index is 12.3. The van der Waals surface area contributed by atoms with E-state index >= 15 is 0 Å². The van der Waals surface area contributed by atoms with Crippen molar-refractivity contribution in [3.63, 3.8) is 0 Å². The molecule has 0 radical (unpaired) electrons. The minimum absolute atomic E-state index is 0.0872. The lowest BCUT2D eigenvalue weighted by atomic mass is 10.0. The minimum atomic E-state index is -0.474. The number of hydrogen-bond donors (Lipinski definition) is 1. The molecular formula is C22H17NO4. The van der Waals surface area contributed by atoms with Crippen molar-refractivity contribution in [3.05, 3.63) is 82.9 Å². The first kappa shape index (κ1) is 16.8. The topological polar surface area (TPSA) is 72.5 Å². The molecule has 0 spiro atoms. The van der Waals surface area contributed by atoms with Crippen LogP contribution in [-0.2, 0) is 11.3 Å². The molecule has 0 saturated heterocycles. The molecule has 5 heteroatoms. The lowest BCUT2D eigenvalue weighted by molar-refractivity contribution is -0.116. The maximum atomic E-state index is 12.3. The van der Waals surface area contributed by atoms with Gasteiger partial charge in [0, 0.05) is 22.4 Å². The number of amides is 1. The van der Waals surface area contributed by atoms with Gasteiger partial charge in [0.2, 0.25) is 5.91 Å². The average molecular weight is 359 g/mol. The van der Waals surface area contributed by atoms with E-state index in [-0.39, 0.29) is 12.5 Å². The fourth-order valence-corrected chi connectivity index (χ4v) is 3.20. The summed E-state index contributed by atoms with van der Waals surface area (Å²) in [7, 11) is 0. The molecule has 5 nitrogen and oxygen atoms in total. The predicted octanol–water partition coefficient (Wildman–Crippen LogP) is 4.32. The van der Waals surface area contributed by atoms with Gasteiger partial charge in [-0.05, 0) is 30.2 Å². The number of rotatable bonds is 4. The fourth-order valence-electron chi connectivity index (χ4n) is 3.20. The molecule has 1 N–H and O–H groups in total. The van der Waals surface area contributed by atoms with Crippen LogP contribution in [0.15, 0.2) is 75.0 Å². The number of hydrogen-bond acceptors (Lipinski definition) is 4. The van der Waals surface area contributed by atoms with Crippen LogP contribution in [0.1, 0.15) is 11.1 Å². The number of benzene rings is 2. The first-order valence-corrected chi connectivity index (χ1v) is 8.51. The second-order valence-corrected chi connectivity index (χ2v) is 6.27. The van der Waals surface area contributed by atoms with E-state index in [2.05, 4.69) is 11.9 Å². The van der Waals surface area contributed by atoms with Crippen molar-refractivity contribution in [2.24, 2.45) is 0 Å². The third-order valence-electron chi connectivity index (χ3n) is 4.69. The first-order chi connectivity index (χ1) is 13.1. The molecule has 134 valence electrons. The molecule has 2 heterocycles. The Morgan fingerprint density at radius 1 is 1.15 bits per heavy atom. The van der Waals surface area contributed by atoms with Crippen LogP contribution < -0.4 is 10.9 Å². The highest BCUT2D eigenvalue weighted by molar-refractivity contribution is 6.02. The van der Waals surface area contributed by atoms with Gasteiger partial charge in [0.25, 0.3) is 0 Å². The molecule has 2 aromatic heterocycles. The monoisotopic (exact) mass is 359 g/mol. The van der Waals surface area contributed by atoms with E-state index in [4.69, 9.17) is 8.83 Å². The molecule has 2 aromatic carbocycles. The van der Waals surface area contributed by atoms with Crippen LogP contribution in [0.5, 0.6) is 0 Å². The summed E-state index contributed by atoms with van der Waals surface area (Å²) in [4.78, 5) is 23.8. The Labute approximate surface area is 154 Å². The molecule has 0 fully saturated rings. The molecule has 0 atom stereocenters. The van der Waals surface area contributed by atoms with Gasteiger partial charge >= 0.3 is 5.63 Å². The van der Waals surface area contributed by atoms with Gasteiger partial charge in [-0.2, -0.15) is 0 Å². The molecule has 0 aliphatic carbocycles. The summed E-state index contributed by atoms with van der Waals surface area (Å²) in [6.07, 6.45) is 2.87.